The second-order valence-electron chi connectivity index (χ2n) is 8.72. The van der Waals surface area contributed by atoms with Crippen molar-refractivity contribution in [2.75, 3.05) is 53.3 Å². The molecule has 1 fully saturated rings. The van der Waals surface area contributed by atoms with Crippen molar-refractivity contribution in [1.29, 1.82) is 0 Å². The largest absolute Gasteiger partial charge is 0.493 e. The number of methoxy groups -OCH3 is 2. The van der Waals surface area contributed by atoms with Gasteiger partial charge in [0, 0.05) is 33.7 Å². The van der Waals surface area contributed by atoms with Crippen molar-refractivity contribution in [3.63, 3.8) is 0 Å². The normalized spacial score (nSPS) is 16.4. The zero-order valence-electron chi connectivity index (χ0n) is 21.1. The number of carbonyl (C=O) groups excluding carboxylic acids is 2. The van der Waals surface area contributed by atoms with E-state index in [9.17, 15) is 18.0 Å². The predicted octanol–water partition coefficient (Wildman–Crippen LogP) is 2.13. The second kappa shape index (κ2) is 12.2. The van der Waals surface area contributed by atoms with Crippen LogP contribution in [0.2, 0.25) is 0 Å². The van der Waals surface area contributed by atoms with Gasteiger partial charge in [-0.3, -0.25) is 9.59 Å². The quantitative estimate of drug-likeness (QED) is 0.498. The minimum atomic E-state index is -3.59. The van der Waals surface area contributed by atoms with E-state index < -0.39 is 16.1 Å². The minimum Gasteiger partial charge on any atom is -0.493 e. The maximum atomic E-state index is 13.0. The maximum absolute atomic E-state index is 13.0. The lowest BCUT2D eigenvalue weighted by molar-refractivity contribution is -0.120. The van der Waals surface area contributed by atoms with Crippen LogP contribution in [0.3, 0.4) is 0 Å². The van der Waals surface area contributed by atoms with E-state index in [1.54, 1.807) is 38.5 Å². The fourth-order valence-corrected chi connectivity index (χ4v) is 5.26. The molecule has 1 saturated heterocycles. The van der Waals surface area contributed by atoms with E-state index in [0.29, 0.717) is 55.1 Å². The first-order chi connectivity index (χ1) is 17.2. The molecule has 1 aliphatic heterocycles. The topological polar surface area (TPSA) is 117 Å². The lowest BCUT2D eigenvalue weighted by atomic mass is 9.98. The number of amides is 2. The molecular formula is C25H34N4O6S. The number of para-hydroxylation sites is 1. The van der Waals surface area contributed by atoms with Gasteiger partial charge >= 0.3 is 0 Å². The minimum absolute atomic E-state index is 0.103. The third kappa shape index (κ3) is 6.54. The highest BCUT2D eigenvalue weighted by Gasteiger charge is 2.33. The van der Waals surface area contributed by atoms with E-state index in [2.05, 4.69) is 10.6 Å². The molecule has 1 atom stereocenters. The molecule has 1 unspecified atom stereocenters. The van der Waals surface area contributed by atoms with Crippen molar-refractivity contribution in [3.05, 3.63) is 53.6 Å². The van der Waals surface area contributed by atoms with Crippen LogP contribution >= 0.6 is 0 Å². The first-order valence-electron chi connectivity index (χ1n) is 11.7. The van der Waals surface area contributed by atoms with E-state index in [1.807, 2.05) is 18.2 Å². The van der Waals surface area contributed by atoms with Crippen LogP contribution in [0.4, 0.5) is 5.69 Å². The van der Waals surface area contributed by atoms with Crippen LogP contribution in [0.5, 0.6) is 11.5 Å². The summed E-state index contributed by atoms with van der Waals surface area (Å²) in [6.07, 6.45) is 1.74. The fraction of sp³-hybridized carbons (Fsp3) is 0.440. The fourth-order valence-electron chi connectivity index (χ4n) is 4.07. The molecule has 0 spiro atoms. The molecule has 0 radical (unpaired) electrons. The molecule has 11 heteroatoms. The molecule has 1 heterocycles. The van der Waals surface area contributed by atoms with Crippen LogP contribution in [0.25, 0.3) is 0 Å². The summed E-state index contributed by atoms with van der Waals surface area (Å²) in [5, 5.41) is 5.72. The molecule has 1 aliphatic rings. The van der Waals surface area contributed by atoms with E-state index in [-0.39, 0.29) is 18.4 Å². The first-order valence-corrected chi connectivity index (χ1v) is 13.1. The highest BCUT2D eigenvalue weighted by atomic mass is 32.2. The zero-order valence-corrected chi connectivity index (χ0v) is 21.9. The van der Waals surface area contributed by atoms with Gasteiger partial charge < -0.3 is 20.1 Å². The summed E-state index contributed by atoms with van der Waals surface area (Å²) in [5.74, 6) is 0.130. The van der Waals surface area contributed by atoms with Gasteiger partial charge in [0.15, 0.2) is 11.5 Å². The predicted molar refractivity (Wildman–Crippen MR) is 138 cm³/mol. The summed E-state index contributed by atoms with van der Waals surface area (Å²) >= 11 is 0. The third-order valence-corrected chi connectivity index (χ3v) is 8.03. The van der Waals surface area contributed by atoms with E-state index in [0.717, 1.165) is 9.87 Å². The number of ether oxygens (including phenoxy) is 2. The molecular weight excluding hydrogens is 484 g/mol. The summed E-state index contributed by atoms with van der Waals surface area (Å²) in [6.45, 7) is 0.867. The summed E-state index contributed by atoms with van der Waals surface area (Å²) in [5.41, 5.74) is 1.70. The van der Waals surface area contributed by atoms with Gasteiger partial charge in [-0.05, 0) is 49.1 Å². The van der Waals surface area contributed by atoms with Crippen LogP contribution in [-0.2, 0) is 21.4 Å². The molecule has 196 valence electrons. The van der Waals surface area contributed by atoms with Gasteiger partial charge in [-0.25, -0.2) is 0 Å². The molecule has 3 rings (SSSR count). The highest BCUT2D eigenvalue weighted by molar-refractivity contribution is 7.86. The van der Waals surface area contributed by atoms with Crippen molar-refractivity contribution in [3.8, 4) is 11.5 Å². The number of anilines is 1. The number of rotatable bonds is 10. The number of carbonyl (C=O) groups is 2. The Bertz CT molecular complexity index is 1180. The SMILES string of the molecule is COc1ccc(CCNC(=O)c2ccccc2NC(=O)C2CCCN(S(=O)(=O)N(C)C)C2)cc1OC. The van der Waals surface area contributed by atoms with Gasteiger partial charge in [0.25, 0.3) is 16.1 Å². The van der Waals surface area contributed by atoms with Crippen LogP contribution in [-0.4, -0.2) is 76.8 Å². The number of nitrogens with one attached hydrogen (secondary N) is 2. The van der Waals surface area contributed by atoms with Crippen LogP contribution in [0, 0.1) is 5.92 Å². The Hall–Kier alpha value is -3.15. The van der Waals surface area contributed by atoms with Gasteiger partial charge in [0.2, 0.25) is 5.91 Å². The van der Waals surface area contributed by atoms with Crippen molar-refractivity contribution in [2.45, 2.75) is 19.3 Å². The van der Waals surface area contributed by atoms with Crippen LogP contribution < -0.4 is 20.1 Å². The molecule has 0 saturated carbocycles. The number of nitrogens with zero attached hydrogens (tertiary/aromatic N) is 2. The Balaban J connectivity index is 1.62. The second-order valence-corrected chi connectivity index (χ2v) is 10.9. The van der Waals surface area contributed by atoms with E-state index >= 15 is 0 Å². The third-order valence-electron chi connectivity index (χ3n) is 6.12. The lowest BCUT2D eigenvalue weighted by Crippen LogP contribution is -2.47. The Morgan fingerprint density at radius 1 is 1.08 bits per heavy atom. The average molecular weight is 519 g/mol. The summed E-state index contributed by atoms with van der Waals surface area (Å²) in [6, 6.07) is 12.4. The van der Waals surface area contributed by atoms with Gasteiger partial charge in [0.05, 0.1) is 31.4 Å². The molecule has 0 aliphatic carbocycles. The summed E-state index contributed by atoms with van der Waals surface area (Å²) in [4.78, 5) is 25.9. The van der Waals surface area contributed by atoms with Gasteiger partial charge in [-0.15, -0.1) is 0 Å². The standard InChI is InChI=1S/C25H34N4O6S/c1-28(2)36(32,33)29-15-7-8-19(17-29)24(30)27-21-10-6-5-9-20(21)25(31)26-14-13-18-11-12-22(34-3)23(16-18)35-4/h5-6,9-12,16,19H,7-8,13-15,17H2,1-4H3,(H,26,31)(H,27,30). The molecule has 2 N–H and O–H groups in total. The Labute approximate surface area is 212 Å². The van der Waals surface area contributed by atoms with Gasteiger partial charge in [-0.1, -0.05) is 18.2 Å². The number of benzene rings is 2. The smallest absolute Gasteiger partial charge is 0.281 e. The maximum Gasteiger partial charge on any atom is 0.281 e. The van der Waals surface area contributed by atoms with Gasteiger partial charge in [-0.2, -0.15) is 17.0 Å². The monoisotopic (exact) mass is 518 g/mol. The molecule has 2 amide bonds. The molecule has 2 aromatic rings. The molecule has 36 heavy (non-hydrogen) atoms. The van der Waals surface area contributed by atoms with Crippen molar-refractivity contribution in [2.24, 2.45) is 5.92 Å². The number of hydrogen-bond acceptors (Lipinski definition) is 6. The Morgan fingerprint density at radius 3 is 2.50 bits per heavy atom. The zero-order chi connectivity index (χ0) is 26.3. The van der Waals surface area contributed by atoms with Gasteiger partial charge in [0.1, 0.15) is 0 Å². The summed E-state index contributed by atoms with van der Waals surface area (Å²) in [7, 11) is 2.49. The lowest BCUT2D eigenvalue weighted by Gasteiger charge is -2.32. The van der Waals surface area contributed by atoms with E-state index in [1.165, 1.54) is 18.4 Å². The molecule has 0 aromatic heterocycles. The first kappa shape index (κ1) is 27.4. The average Bonchev–Trinajstić information content (AvgIpc) is 2.88. The summed E-state index contributed by atoms with van der Waals surface area (Å²) < 4.78 is 38.0. The molecule has 0 bridgehead atoms. The Morgan fingerprint density at radius 2 is 1.81 bits per heavy atom. The Kier molecular flexibility index (Phi) is 9.30. The molecule has 10 nitrogen and oxygen atoms in total. The molecule has 2 aromatic carbocycles. The highest BCUT2D eigenvalue weighted by Crippen LogP contribution is 2.28. The van der Waals surface area contributed by atoms with E-state index in [4.69, 9.17) is 9.47 Å². The van der Waals surface area contributed by atoms with Crippen molar-refractivity contribution in [1.82, 2.24) is 13.9 Å². The van der Waals surface area contributed by atoms with Crippen LogP contribution in [0.15, 0.2) is 42.5 Å². The van der Waals surface area contributed by atoms with Crippen molar-refractivity contribution < 1.29 is 27.5 Å². The van der Waals surface area contributed by atoms with Crippen LogP contribution in [0.1, 0.15) is 28.8 Å². The number of hydrogen-bond donors (Lipinski definition) is 2. The van der Waals surface area contributed by atoms with Crippen molar-refractivity contribution >= 4 is 27.7 Å². The number of piperidine rings is 1.